The van der Waals surface area contributed by atoms with E-state index in [0.717, 1.165) is 5.56 Å². The third kappa shape index (κ3) is 5.68. The van der Waals surface area contributed by atoms with Crippen LogP contribution in [0.4, 0.5) is 4.79 Å². The summed E-state index contributed by atoms with van der Waals surface area (Å²) in [4.78, 5) is 49.5. The van der Waals surface area contributed by atoms with E-state index in [1.54, 1.807) is 13.8 Å². The van der Waals surface area contributed by atoms with Gasteiger partial charge in [0.15, 0.2) is 5.76 Å². The zero-order valence-corrected chi connectivity index (χ0v) is 17.2. The summed E-state index contributed by atoms with van der Waals surface area (Å²) in [5.74, 6) is -2.09. The van der Waals surface area contributed by atoms with Gasteiger partial charge in [0.1, 0.15) is 18.7 Å². The normalized spacial score (nSPS) is 17.1. The van der Waals surface area contributed by atoms with Crippen molar-refractivity contribution >= 4 is 23.7 Å². The molecule has 3 N–H and O–H groups in total. The van der Waals surface area contributed by atoms with E-state index in [-0.39, 0.29) is 25.5 Å². The smallest absolute Gasteiger partial charge is 0.408 e. The minimum Gasteiger partial charge on any atom is -0.445 e. The lowest BCUT2D eigenvalue weighted by Gasteiger charge is -2.25. The maximum atomic E-state index is 12.9. The molecule has 2 unspecified atom stereocenters. The molecule has 3 rings (SSSR count). The molecule has 0 bridgehead atoms. The van der Waals surface area contributed by atoms with Crippen LogP contribution in [0.15, 0.2) is 41.1 Å². The first-order valence-corrected chi connectivity index (χ1v) is 9.87. The highest BCUT2D eigenvalue weighted by Crippen LogP contribution is 2.14. The molecule has 1 aromatic carbocycles. The molecule has 1 aliphatic rings. The van der Waals surface area contributed by atoms with Gasteiger partial charge in [-0.25, -0.2) is 4.79 Å². The third-order valence-corrected chi connectivity index (χ3v) is 4.86. The van der Waals surface area contributed by atoms with Crippen LogP contribution in [-0.2, 0) is 38.7 Å². The van der Waals surface area contributed by atoms with E-state index in [1.165, 1.54) is 6.20 Å². The molecule has 0 saturated carbocycles. The molecule has 0 aliphatic carbocycles. The van der Waals surface area contributed by atoms with Crippen LogP contribution in [0, 0.1) is 5.92 Å². The summed E-state index contributed by atoms with van der Waals surface area (Å²) in [6.07, 6.45) is 0.735. The Labute approximate surface area is 178 Å². The Morgan fingerprint density at radius 2 is 2.00 bits per heavy atom. The third-order valence-electron chi connectivity index (χ3n) is 4.86. The highest BCUT2D eigenvalue weighted by molar-refractivity contribution is 6.38. The fraction of sp³-hybridized carbons (Fsp3) is 0.381. The molecule has 0 radical (unpaired) electrons. The van der Waals surface area contributed by atoms with E-state index in [0.29, 0.717) is 11.3 Å². The number of nitrogens with one attached hydrogen (secondary N) is 3. The van der Waals surface area contributed by atoms with Crippen LogP contribution in [-0.4, -0.2) is 40.9 Å². The van der Waals surface area contributed by atoms with Crippen LogP contribution in [0.25, 0.3) is 0 Å². The fourth-order valence-corrected chi connectivity index (χ4v) is 3.12. The molecule has 10 nitrogen and oxygen atoms in total. The standard InChI is InChI=1S/C21H24N4O6/c1-12(2)17(25-21(29)30-11-13-6-4-3-5-7-13)19(27)24-15-8-14-9-23-31-16(14)10-22-20(28)18(15)26/h3-7,9,12,15,17H,8,10-11H2,1-2H3,(H,22,28)(H,24,27)(H,25,29). The van der Waals surface area contributed by atoms with Crippen LogP contribution >= 0.6 is 0 Å². The lowest BCUT2D eigenvalue weighted by atomic mass is 9.98. The van der Waals surface area contributed by atoms with Crippen molar-refractivity contribution in [2.24, 2.45) is 5.92 Å². The van der Waals surface area contributed by atoms with Crippen LogP contribution in [0.2, 0.25) is 0 Å². The SMILES string of the molecule is CC(C)C(NC(=O)OCc1ccccc1)C(=O)NC1Cc2cnoc2CNC(=O)C1=O. The molecule has 0 saturated heterocycles. The maximum Gasteiger partial charge on any atom is 0.408 e. The molecule has 3 amide bonds. The summed E-state index contributed by atoms with van der Waals surface area (Å²) in [6, 6.07) is 7.03. The first-order chi connectivity index (χ1) is 14.8. The summed E-state index contributed by atoms with van der Waals surface area (Å²) in [5.41, 5.74) is 1.41. The average Bonchev–Trinajstić information content (AvgIpc) is 3.19. The molecular weight excluding hydrogens is 404 g/mol. The Balaban J connectivity index is 1.64. The highest BCUT2D eigenvalue weighted by Gasteiger charge is 2.34. The van der Waals surface area contributed by atoms with Crippen LogP contribution in [0.3, 0.4) is 0 Å². The first kappa shape index (κ1) is 22.0. The second kappa shape index (κ2) is 9.88. The number of aromatic nitrogens is 1. The summed E-state index contributed by atoms with van der Waals surface area (Å²) < 4.78 is 10.2. The predicted molar refractivity (Wildman–Crippen MR) is 107 cm³/mol. The van der Waals surface area contributed by atoms with Crippen molar-refractivity contribution < 1.29 is 28.4 Å². The van der Waals surface area contributed by atoms with Crippen molar-refractivity contribution in [3.63, 3.8) is 0 Å². The Bertz CT molecular complexity index is 956. The molecule has 2 atom stereocenters. The van der Waals surface area contributed by atoms with E-state index in [1.807, 2.05) is 30.3 Å². The van der Waals surface area contributed by atoms with Crippen LogP contribution in [0.1, 0.15) is 30.7 Å². The van der Waals surface area contributed by atoms with Crippen molar-refractivity contribution in [1.82, 2.24) is 21.1 Å². The van der Waals surface area contributed by atoms with Gasteiger partial charge in [0.25, 0.3) is 5.91 Å². The Morgan fingerprint density at radius 1 is 1.26 bits per heavy atom. The van der Waals surface area contributed by atoms with Gasteiger partial charge in [-0.2, -0.15) is 0 Å². The zero-order valence-electron chi connectivity index (χ0n) is 17.2. The largest absolute Gasteiger partial charge is 0.445 e. The molecule has 31 heavy (non-hydrogen) atoms. The number of hydrogen-bond donors (Lipinski definition) is 3. The molecular formula is C21H24N4O6. The lowest BCUT2D eigenvalue weighted by Crippen LogP contribution is -2.56. The number of hydrogen-bond acceptors (Lipinski definition) is 7. The van der Waals surface area contributed by atoms with E-state index >= 15 is 0 Å². The van der Waals surface area contributed by atoms with Gasteiger partial charge < -0.3 is 25.2 Å². The van der Waals surface area contributed by atoms with E-state index in [9.17, 15) is 19.2 Å². The van der Waals surface area contributed by atoms with Gasteiger partial charge in [0.2, 0.25) is 11.7 Å². The number of ether oxygens (including phenoxy) is 1. The Kier molecular flexibility index (Phi) is 7.01. The zero-order chi connectivity index (χ0) is 22.4. The Morgan fingerprint density at radius 3 is 2.71 bits per heavy atom. The predicted octanol–water partition coefficient (Wildman–Crippen LogP) is 0.852. The molecule has 2 aromatic rings. The molecule has 164 valence electrons. The summed E-state index contributed by atoms with van der Waals surface area (Å²) >= 11 is 0. The quantitative estimate of drug-likeness (QED) is 0.580. The summed E-state index contributed by atoms with van der Waals surface area (Å²) in [7, 11) is 0. The number of ketones is 1. The van der Waals surface area contributed by atoms with E-state index in [2.05, 4.69) is 21.1 Å². The minimum absolute atomic E-state index is 0.0456. The van der Waals surface area contributed by atoms with Crippen molar-refractivity contribution in [2.45, 2.75) is 45.5 Å². The molecule has 1 aromatic heterocycles. The lowest BCUT2D eigenvalue weighted by molar-refractivity contribution is -0.140. The molecule has 1 aliphatic heterocycles. The van der Waals surface area contributed by atoms with Gasteiger partial charge in [0.05, 0.1) is 12.7 Å². The molecule has 2 heterocycles. The monoisotopic (exact) mass is 428 g/mol. The number of nitrogens with zero attached hydrogens (tertiary/aromatic N) is 1. The number of fused-ring (bicyclic) bond motifs is 1. The van der Waals surface area contributed by atoms with Gasteiger partial charge in [-0.05, 0) is 11.5 Å². The van der Waals surface area contributed by atoms with Crippen molar-refractivity contribution in [3.8, 4) is 0 Å². The number of alkyl carbamates (subject to hydrolysis) is 1. The maximum absolute atomic E-state index is 12.9. The van der Waals surface area contributed by atoms with Crippen molar-refractivity contribution in [3.05, 3.63) is 53.4 Å². The first-order valence-electron chi connectivity index (χ1n) is 9.87. The minimum atomic E-state index is -1.12. The van der Waals surface area contributed by atoms with Crippen LogP contribution < -0.4 is 16.0 Å². The number of amides is 3. The fourth-order valence-electron chi connectivity index (χ4n) is 3.12. The van der Waals surface area contributed by atoms with E-state index in [4.69, 9.17) is 9.26 Å². The van der Waals surface area contributed by atoms with Gasteiger partial charge in [-0.1, -0.05) is 49.3 Å². The molecule has 0 fully saturated rings. The molecule has 0 spiro atoms. The summed E-state index contributed by atoms with van der Waals surface area (Å²) in [5, 5.41) is 11.2. The van der Waals surface area contributed by atoms with Gasteiger partial charge in [0, 0.05) is 12.0 Å². The van der Waals surface area contributed by atoms with Crippen molar-refractivity contribution in [1.29, 1.82) is 0 Å². The Hall–Kier alpha value is -3.69. The summed E-state index contributed by atoms with van der Waals surface area (Å²) in [6.45, 7) is 3.58. The number of rotatable bonds is 6. The number of carbonyl (C=O) groups excluding carboxylic acids is 4. The average molecular weight is 428 g/mol. The number of carbonyl (C=O) groups is 4. The number of Topliss-reactive ketones (excluding diaryl/α,β-unsaturated/α-hetero) is 1. The van der Waals surface area contributed by atoms with Crippen molar-refractivity contribution in [2.75, 3.05) is 0 Å². The van der Waals surface area contributed by atoms with Crippen LogP contribution in [0.5, 0.6) is 0 Å². The second-order valence-corrected chi connectivity index (χ2v) is 7.51. The van der Waals surface area contributed by atoms with E-state index < -0.39 is 35.8 Å². The van der Waals surface area contributed by atoms with Gasteiger partial charge in [-0.3, -0.25) is 14.4 Å². The second-order valence-electron chi connectivity index (χ2n) is 7.51. The number of benzene rings is 1. The highest BCUT2D eigenvalue weighted by atomic mass is 16.5. The molecule has 10 heteroatoms. The van der Waals surface area contributed by atoms with Gasteiger partial charge >= 0.3 is 6.09 Å². The topological polar surface area (TPSA) is 140 Å². The van der Waals surface area contributed by atoms with Gasteiger partial charge in [-0.15, -0.1) is 0 Å².